The number of halogens is 2. The first-order valence-corrected chi connectivity index (χ1v) is 6.40. The quantitative estimate of drug-likeness (QED) is 0.820. The van der Waals surface area contributed by atoms with Crippen LogP contribution in [0.25, 0.3) is 0 Å². The maximum Gasteiger partial charge on any atom is 0.305 e. The van der Waals surface area contributed by atoms with E-state index >= 15 is 0 Å². The zero-order valence-corrected chi connectivity index (χ0v) is 12.0. The Kier molecular flexibility index (Phi) is 5.57. The number of carboxylic acids is 1. The Morgan fingerprint density at radius 1 is 1.42 bits per heavy atom. The third kappa shape index (κ3) is 4.69. The van der Waals surface area contributed by atoms with Gasteiger partial charge in [-0.1, -0.05) is 37.0 Å². The normalized spacial score (nSPS) is 12.3. The van der Waals surface area contributed by atoms with Gasteiger partial charge in [-0.25, -0.2) is 4.98 Å². The molecular weight excluding hydrogens is 291 g/mol. The van der Waals surface area contributed by atoms with Gasteiger partial charge < -0.3 is 10.4 Å². The molecule has 0 saturated carbocycles. The number of rotatable bonds is 5. The van der Waals surface area contributed by atoms with Gasteiger partial charge in [-0.2, -0.15) is 0 Å². The summed E-state index contributed by atoms with van der Waals surface area (Å²) in [5.74, 6) is -1.40. The third-order valence-corrected chi connectivity index (χ3v) is 3.26. The summed E-state index contributed by atoms with van der Waals surface area (Å²) in [7, 11) is 0. The minimum Gasteiger partial charge on any atom is -0.481 e. The van der Waals surface area contributed by atoms with Gasteiger partial charge >= 0.3 is 5.97 Å². The second kappa shape index (κ2) is 6.73. The Bertz CT molecular complexity index is 492. The van der Waals surface area contributed by atoms with Crippen LogP contribution in [-0.4, -0.2) is 28.0 Å². The van der Waals surface area contributed by atoms with Crippen molar-refractivity contribution in [3.63, 3.8) is 0 Å². The van der Waals surface area contributed by atoms with E-state index in [2.05, 4.69) is 10.3 Å². The summed E-state index contributed by atoms with van der Waals surface area (Å²) in [4.78, 5) is 26.5. The average molecular weight is 305 g/mol. The highest BCUT2D eigenvalue weighted by atomic mass is 35.5. The van der Waals surface area contributed by atoms with Crippen LogP contribution >= 0.6 is 23.2 Å². The molecule has 1 aromatic rings. The first kappa shape index (κ1) is 15.7. The molecule has 0 aliphatic rings. The standard InChI is InChI=1S/C12H14Cl2N2O3/c1-6(2)9(4-10(17)18)16-12(19)7-3-8(13)11(14)15-5-7/h3,5-6,9H,4H2,1-2H3,(H,16,19)(H,17,18). The molecular formula is C12H14Cl2N2O3. The SMILES string of the molecule is CC(C)C(CC(=O)O)NC(=O)c1cnc(Cl)c(Cl)c1. The monoisotopic (exact) mass is 304 g/mol. The lowest BCUT2D eigenvalue weighted by molar-refractivity contribution is -0.137. The molecule has 7 heteroatoms. The van der Waals surface area contributed by atoms with Gasteiger partial charge in [-0.05, 0) is 12.0 Å². The fourth-order valence-electron chi connectivity index (χ4n) is 1.44. The molecule has 1 unspecified atom stereocenters. The second-order valence-electron chi connectivity index (χ2n) is 4.42. The fraction of sp³-hybridized carbons (Fsp3) is 0.417. The Labute approximate surface area is 120 Å². The molecule has 1 amide bonds. The van der Waals surface area contributed by atoms with E-state index in [-0.39, 0.29) is 28.1 Å². The first-order chi connectivity index (χ1) is 8.81. The lowest BCUT2D eigenvalue weighted by Gasteiger charge is -2.20. The molecule has 104 valence electrons. The molecule has 0 spiro atoms. The largest absolute Gasteiger partial charge is 0.481 e. The molecule has 0 radical (unpaired) electrons. The number of carbonyl (C=O) groups is 2. The molecule has 1 rings (SSSR count). The van der Waals surface area contributed by atoms with E-state index in [0.29, 0.717) is 0 Å². The number of nitrogens with zero attached hydrogens (tertiary/aromatic N) is 1. The van der Waals surface area contributed by atoms with Gasteiger partial charge in [0.05, 0.1) is 17.0 Å². The summed E-state index contributed by atoms with van der Waals surface area (Å²) >= 11 is 11.4. The number of aliphatic carboxylic acids is 1. The minimum absolute atomic E-state index is 0.00391. The van der Waals surface area contributed by atoms with Crippen LogP contribution in [0.3, 0.4) is 0 Å². The smallest absolute Gasteiger partial charge is 0.305 e. The summed E-state index contributed by atoms with van der Waals surface area (Å²) in [5, 5.41) is 11.7. The predicted molar refractivity (Wildman–Crippen MR) is 72.6 cm³/mol. The van der Waals surface area contributed by atoms with Crippen molar-refractivity contribution in [2.75, 3.05) is 0 Å². The van der Waals surface area contributed by atoms with Crippen LogP contribution in [-0.2, 0) is 4.79 Å². The van der Waals surface area contributed by atoms with Gasteiger partial charge in [0.25, 0.3) is 5.91 Å². The number of carbonyl (C=O) groups excluding carboxylic acids is 1. The molecule has 0 fully saturated rings. The lowest BCUT2D eigenvalue weighted by Crippen LogP contribution is -2.40. The molecule has 0 bridgehead atoms. The van der Waals surface area contributed by atoms with Gasteiger partial charge in [0, 0.05) is 12.2 Å². The van der Waals surface area contributed by atoms with Crippen LogP contribution in [0, 0.1) is 5.92 Å². The number of hydrogen-bond acceptors (Lipinski definition) is 3. The molecule has 0 aliphatic heterocycles. The number of nitrogens with one attached hydrogen (secondary N) is 1. The fourth-order valence-corrected chi connectivity index (χ4v) is 1.71. The zero-order chi connectivity index (χ0) is 14.6. The molecule has 1 aromatic heterocycles. The van der Waals surface area contributed by atoms with Crippen molar-refractivity contribution >= 4 is 35.1 Å². The zero-order valence-electron chi connectivity index (χ0n) is 10.5. The van der Waals surface area contributed by atoms with Gasteiger partial charge in [-0.3, -0.25) is 9.59 Å². The number of aromatic nitrogens is 1. The summed E-state index contributed by atoms with van der Waals surface area (Å²) in [6, 6.07) is 0.934. The Morgan fingerprint density at radius 3 is 2.53 bits per heavy atom. The van der Waals surface area contributed by atoms with Crippen LogP contribution in [0.5, 0.6) is 0 Å². The number of carboxylic acid groups (broad SMARTS) is 1. The van der Waals surface area contributed by atoms with Crippen molar-refractivity contribution in [3.8, 4) is 0 Å². The van der Waals surface area contributed by atoms with Crippen LogP contribution in [0.15, 0.2) is 12.3 Å². The highest BCUT2D eigenvalue weighted by Gasteiger charge is 2.20. The van der Waals surface area contributed by atoms with E-state index in [0.717, 1.165) is 0 Å². The van der Waals surface area contributed by atoms with Gasteiger partial charge in [0.1, 0.15) is 5.15 Å². The molecule has 19 heavy (non-hydrogen) atoms. The summed E-state index contributed by atoms with van der Waals surface area (Å²) in [6.45, 7) is 3.67. The van der Waals surface area contributed by atoms with Gasteiger partial charge in [0.15, 0.2) is 0 Å². The van der Waals surface area contributed by atoms with E-state index in [4.69, 9.17) is 28.3 Å². The van der Waals surface area contributed by atoms with Crippen molar-refractivity contribution in [2.24, 2.45) is 5.92 Å². The Hall–Kier alpha value is -1.33. The minimum atomic E-state index is -0.966. The van der Waals surface area contributed by atoms with Crippen LogP contribution < -0.4 is 5.32 Å². The Morgan fingerprint density at radius 2 is 2.05 bits per heavy atom. The topological polar surface area (TPSA) is 79.3 Å². The first-order valence-electron chi connectivity index (χ1n) is 5.65. The maximum atomic E-state index is 12.0. The highest BCUT2D eigenvalue weighted by molar-refractivity contribution is 6.41. The van der Waals surface area contributed by atoms with E-state index in [1.807, 2.05) is 13.8 Å². The van der Waals surface area contributed by atoms with E-state index in [9.17, 15) is 9.59 Å². The van der Waals surface area contributed by atoms with Crippen LogP contribution in [0.4, 0.5) is 0 Å². The van der Waals surface area contributed by atoms with Gasteiger partial charge in [0.2, 0.25) is 0 Å². The third-order valence-electron chi connectivity index (χ3n) is 2.57. The summed E-state index contributed by atoms with van der Waals surface area (Å²) in [6.07, 6.45) is 1.15. The number of hydrogen-bond donors (Lipinski definition) is 2. The van der Waals surface area contributed by atoms with Crippen molar-refractivity contribution in [3.05, 3.63) is 28.0 Å². The molecule has 1 atom stereocenters. The predicted octanol–water partition coefficient (Wildman–Crippen LogP) is 2.62. The van der Waals surface area contributed by atoms with E-state index in [1.54, 1.807) is 0 Å². The maximum absolute atomic E-state index is 12.0. The molecule has 0 saturated heterocycles. The highest BCUT2D eigenvalue weighted by Crippen LogP contribution is 2.20. The average Bonchev–Trinajstić information content (AvgIpc) is 2.31. The molecule has 2 N–H and O–H groups in total. The number of pyridine rings is 1. The van der Waals surface area contributed by atoms with Crippen LogP contribution in [0.1, 0.15) is 30.6 Å². The molecule has 0 aromatic carbocycles. The van der Waals surface area contributed by atoms with E-state index in [1.165, 1.54) is 12.3 Å². The van der Waals surface area contributed by atoms with Gasteiger partial charge in [-0.15, -0.1) is 0 Å². The second-order valence-corrected chi connectivity index (χ2v) is 5.18. The van der Waals surface area contributed by atoms with Crippen molar-refractivity contribution in [1.29, 1.82) is 0 Å². The Balaban J connectivity index is 2.81. The molecule has 0 aliphatic carbocycles. The number of amides is 1. The summed E-state index contributed by atoms with van der Waals surface area (Å²) < 4.78 is 0. The summed E-state index contributed by atoms with van der Waals surface area (Å²) in [5.41, 5.74) is 0.241. The lowest BCUT2D eigenvalue weighted by atomic mass is 10.0. The molecule has 1 heterocycles. The molecule has 5 nitrogen and oxygen atoms in total. The van der Waals surface area contributed by atoms with Crippen LogP contribution in [0.2, 0.25) is 10.2 Å². The van der Waals surface area contributed by atoms with E-state index < -0.39 is 17.9 Å². The van der Waals surface area contributed by atoms with Crippen molar-refractivity contribution < 1.29 is 14.7 Å². The van der Waals surface area contributed by atoms with Crippen molar-refractivity contribution in [2.45, 2.75) is 26.3 Å². The van der Waals surface area contributed by atoms with Crippen molar-refractivity contribution in [1.82, 2.24) is 10.3 Å².